The average Bonchev–Trinajstić information content (AvgIpc) is 3.25. The minimum Gasteiger partial charge on any atom is -0.370 e. The Bertz CT molecular complexity index is 576. The number of likely N-dealkylation sites (tertiary alicyclic amines) is 1. The molecule has 1 unspecified atom stereocenters. The van der Waals surface area contributed by atoms with E-state index in [-0.39, 0.29) is 30.1 Å². The Balaban J connectivity index is 1.65. The van der Waals surface area contributed by atoms with E-state index in [1.807, 2.05) is 30.2 Å². The van der Waals surface area contributed by atoms with Crippen molar-refractivity contribution in [2.75, 3.05) is 26.2 Å². The summed E-state index contributed by atoms with van der Waals surface area (Å²) in [6, 6.07) is 1.63. The molecule has 6 nitrogen and oxygen atoms in total. The van der Waals surface area contributed by atoms with Crippen LogP contribution in [0.3, 0.4) is 0 Å². The molecular formula is C17H25N3O3S. The third-order valence-corrected chi connectivity index (χ3v) is 5.21. The molecule has 0 saturated carbocycles. The van der Waals surface area contributed by atoms with Crippen molar-refractivity contribution in [3.05, 3.63) is 22.4 Å². The number of amides is 3. The molecule has 2 saturated heterocycles. The van der Waals surface area contributed by atoms with Crippen LogP contribution >= 0.6 is 11.3 Å². The highest BCUT2D eigenvalue weighted by molar-refractivity contribution is 7.07. The van der Waals surface area contributed by atoms with Gasteiger partial charge in [-0.05, 0) is 49.1 Å². The molecule has 0 spiro atoms. The van der Waals surface area contributed by atoms with Crippen LogP contribution in [-0.4, -0.2) is 60.1 Å². The first-order valence-corrected chi connectivity index (χ1v) is 9.50. The lowest BCUT2D eigenvalue weighted by Gasteiger charge is -2.36. The van der Waals surface area contributed by atoms with Gasteiger partial charge in [-0.25, -0.2) is 4.79 Å². The highest BCUT2D eigenvalue weighted by atomic mass is 32.1. The second-order valence-corrected chi connectivity index (χ2v) is 7.44. The van der Waals surface area contributed by atoms with Crippen molar-refractivity contribution >= 4 is 23.3 Å². The molecule has 3 amide bonds. The van der Waals surface area contributed by atoms with Crippen molar-refractivity contribution in [2.24, 2.45) is 0 Å². The smallest absolute Gasteiger partial charge is 0.318 e. The maximum atomic E-state index is 13.0. The average molecular weight is 351 g/mol. The van der Waals surface area contributed by atoms with Crippen LogP contribution in [0.15, 0.2) is 16.8 Å². The lowest BCUT2D eigenvalue weighted by Crippen LogP contribution is -2.54. The molecule has 1 aromatic heterocycles. The predicted molar refractivity (Wildman–Crippen MR) is 93.0 cm³/mol. The van der Waals surface area contributed by atoms with Crippen LogP contribution in [0.5, 0.6) is 0 Å². The molecule has 2 aliphatic heterocycles. The normalized spacial score (nSPS) is 24.5. The molecule has 24 heavy (non-hydrogen) atoms. The van der Waals surface area contributed by atoms with E-state index in [0.29, 0.717) is 26.2 Å². The van der Waals surface area contributed by atoms with Gasteiger partial charge in [0.1, 0.15) is 12.1 Å². The van der Waals surface area contributed by atoms with Gasteiger partial charge in [-0.1, -0.05) is 0 Å². The molecule has 2 atom stereocenters. The number of carbonyl (C=O) groups is 2. The van der Waals surface area contributed by atoms with Gasteiger partial charge in [-0.15, -0.1) is 0 Å². The van der Waals surface area contributed by atoms with Gasteiger partial charge in [0, 0.05) is 19.1 Å². The maximum Gasteiger partial charge on any atom is 0.318 e. The quantitative estimate of drug-likeness (QED) is 0.908. The molecule has 2 fully saturated rings. The van der Waals surface area contributed by atoms with Crippen LogP contribution in [0.1, 0.15) is 38.4 Å². The first-order valence-electron chi connectivity index (χ1n) is 8.56. The highest BCUT2D eigenvalue weighted by Gasteiger charge is 2.38. The van der Waals surface area contributed by atoms with Gasteiger partial charge in [0.2, 0.25) is 5.91 Å². The van der Waals surface area contributed by atoms with E-state index in [1.54, 1.807) is 16.2 Å². The van der Waals surface area contributed by atoms with Crippen molar-refractivity contribution in [3.63, 3.8) is 0 Å². The summed E-state index contributed by atoms with van der Waals surface area (Å²) in [6.45, 7) is 6.20. The molecule has 3 rings (SSSR count). The summed E-state index contributed by atoms with van der Waals surface area (Å²) in [6.07, 6.45) is 1.55. The Kier molecular flexibility index (Phi) is 5.40. The van der Waals surface area contributed by atoms with Crippen molar-refractivity contribution in [2.45, 2.75) is 44.9 Å². The van der Waals surface area contributed by atoms with Gasteiger partial charge in [-0.2, -0.15) is 11.3 Å². The number of hydrogen-bond acceptors (Lipinski definition) is 4. The standard InChI is InChI=1S/C17H25N3O3S/c1-12(2)18-17(22)20-6-3-4-14(20)16(21)19-7-8-23-15(10-19)13-5-9-24-11-13/h5,9,11-12,14-15H,3-4,6-8,10H2,1-2H3,(H,18,22)/t14-,15?/m0/s1. The fraction of sp³-hybridized carbons (Fsp3) is 0.647. The molecule has 0 aromatic carbocycles. The van der Waals surface area contributed by atoms with E-state index in [9.17, 15) is 9.59 Å². The Morgan fingerprint density at radius 2 is 2.21 bits per heavy atom. The number of morpholine rings is 1. The van der Waals surface area contributed by atoms with E-state index in [1.165, 1.54) is 0 Å². The minimum atomic E-state index is -0.343. The number of carbonyl (C=O) groups excluding carboxylic acids is 2. The van der Waals surface area contributed by atoms with Gasteiger partial charge in [-0.3, -0.25) is 4.79 Å². The number of thiophene rings is 1. The van der Waals surface area contributed by atoms with Crippen LogP contribution < -0.4 is 5.32 Å². The van der Waals surface area contributed by atoms with Crippen LogP contribution in [0.25, 0.3) is 0 Å². The van der Waals surface area contributed by atoms with Crippen LogP contribution in [-0.2, 0) is 9.53 Å². The largest absolute Gasteiger partial charge is 0.370 e. The summed E-state index contributed by atoms with van der Waals surface area (Å²) in [5, 5.41) is 6.98. The van der Waals surface area contributed by atoms with E-state index >= 15 is 0 Å². The molecule has 7 heteroatoms. The summed E-state index contributed by atoms with van der Waals surface area (Å²) < 4.78 is 5.81. The first-order chi connectivity index (χ1) is 11.6. The zero-order valence-corrected chi connectivity index (χ0v) is 15.1. The molecule has 0 aliphatic carbocycles. The number of nitrogens with one attached hydrogen (secondary N) is 1. The van der Waals surface area contributed by atoms with E-state index in [2.05, 4.69) is 10.7 Å². The lowest BCUT2D eigenvalue weighted by molar-refractivity contribution is -0.143. The summed E-state index contributed by atoms with van der Waals surface area (Å²) in [5.74, 6) is 0.0509. The Labute approximate surface area is 146 Å². The number of rotatable bonds is 3. The third kappa shape index (κ3) is 3.72. The van der Waals surface area contributed by atoms with Crippen molar-refractivity contribution in [1.29, 1.82) is 0 Å². The van der Waals surface area contributed by atoms with E-state index in [0.717, 1.165) is 18.4 Å². The second-order valence-electron chi connectivity index (χ2n) is 6.66. The molecular weight excluding hydrogens is 326 g/mol. The Morgan fingerprint density at radius 1 is 1.38 bits per heavy atom. The molecule has 0 bridgehead atoms. The fourth-order valence-electron chi connectivity index (χ4n) is 3.32. The number of ether oxygens (including phenoxy) is 1. The predicted octanol–water partition coefficient (Wildman–Crippen LogP) is 2.23. The zero-order valence-electron chi connectivity index (χ0n) is 14.2. The van der Waals surface area contributed by atoms with Gasteiger partial charge in [0.15, 0.2) is 0 Å². The summed E-state index contributed by atoms with van der Waals surface area (Å²) in [4.78, 5) is 28.8. The number of nitrogens with zero attached hydrogens (tertiary/aromatic N) is 2. The van der Waals surface area contributed by atoms with Crippen molar-refractivity contribution in [3.8, 4) is 0 Å². The second kappa shape index (κ2) is 7.53. The fourth-order valence-corrected chi connectivity index (χ4v) is 4.02. The third-order valence-electron chi connectivity index (χ3n) is 4.50. The number of hydrogen-bond donors (Lipinski definition) is 1. The number of urea groups is 1. The van der Waals surface area contributed by atoms with Crippen molar-refractivity contribution in [1.82, 2.24) is 15.1 Å². The van der Waals surface area contributed by atoms with E-state index in [4.69, 9.17) is 4.74 Å². The zero-order chi connectivity index (χ0) is 17.1. The Morgan fingerprint density at radius 3 is 2.92 bits per heavy atom. The minimum absolute atomic E-state index is 0.0509. The Hall–Kier alpha value is -1.60. The first kappa shape index (κ1) is 17.2. The SMILES string of the molecule is CC(C)NC(=O)N1CCC[C@H]1C(=O)N1CCOC(c2ccsc2)C1. The van der Waals surface area contributed by atoms with Gasteiger partial charge in [0.25, 0.3) is 0 Å². The highest BCUT2D eigenvalue weighted by Crippen LogP contribution is 2.26. The van der Waals surface area contributed by atoms with Crippen LogP contribution in [0.2, 0.25) is 0 Å². The van der Waals surface area contributed by atoms with Gasteiger partial charge >= 0.3 is 6.03 Å². The topological polar surface area (TPSA) is 61.9 Å². The molecule has 1 N–H and O–H groups in total. The molecule has 2 aliphatic rings. The van der Waals surface area contributed by atoms with Crippen LogP contribution in [0.4, 0.5) is 4.79 Å². The van der Waals surface area contributed by atoms with Gasteiger partial charge < -0.3 is 19.9 Å². The maximum absolute atomic E-state index is 13.0. The molecule has 1 aromatic rings. The van der Waals surface area contributed by atoms with Crippen LogP contribution in [0, 0.1) is 0 Å². The molecule has 0 radical (unpaired) electrons. The summed E-state index contributed by atoms with van der Waals surface area (Å²) >= 11 is 1.63. The van der Waals surface area contributed by atoms with E-state index < -0.39 is 0 Å². The lowest BCUT2D eigenvalue weighted by atomic mass is 10.1. The molecule has 3 heterocycles. The monoisotopic (exact) mass is 351 g/mol. The van der Waals surface area contributed by atoms with Crippen molar-refractivity contribution < 1.29 is 14.3 Å². The summed E-state index contributed by atoms with van der Waals surface area (Å²) in [7, 11) is 0. The molecule has 132 valence electrons. The van der Waals surface area contributed by atoms with Gasteiger partial charge in [0.05, 0.1) is 13.2 Å². The summed E-state index contributed by atoms with van der Waals surface area (Å²) in [5.41, 5.74) is 1.12.